The number of hydrogen-bond donors (Lipinski definition) is 0. The summed E-state index contributed by atoms with van der Waals surface area (Å²) in [5, 5.41) is 0. The van der Waals surface area contributed by atoms with E-state index in [1.54, 1.807) is 0 Å². The zero-order valence-electron chi connectivity index (χ0n) is 46.0. The van der Waals surface area contributed by atoms with Gasteiger partial charge >= 0.3 is 5.97 Å². The number of esters is 1. The summed E-state index contributed by atoms with van der Waals surface area (Å²) in [7, 11) is 0. The number of carbonyl (C=O) groups excluding carboxylic acids is 1. The number of unbranched alkanes of at least 4 members (excludes halogenated alkanes) is 55. The van der Waals surface area contributed by atoms with Crippen molar-refractivity contribution >= 4 is 5.97 Å². The largest absolute Gasteiger partial charge is 0.430 e. The molecule has 1 saturated heterocycles. The van der Waals surface area contributed by atoms with Gasteiger partial charge in [-0.15, -0.1) is 0 Å². The van der Waals surface area contributed by atoms with Crippen LogP contribution in [0, 0.1) is 5.92 Å². The fourth-order valence-electron chi connectivity index (χ4n) is 10.8. The number of allylic oxidation sites excluding steroid dienone is 1. The molecule has 1 rings (SSSR count). The van der Waals surface area contributed by atoms with Crippen LogP contribution in [0.4, 0.5) is 0 Å². The van der Waals surface area contributed by atoms with Gasteiger partial charge in [-0.25, -0.2) is 0 Å². The Labute approximate surface area is 417 Å². The third kappa shape index (κ3) is 46.9. The molecule has 1 unspecified atom stereocenters. The van der Waals surface area contributed by atoms with Crippen molar-refractivity contribution in [3.63, 3.8) is 0 Å². The summed E-state index contributed by atoms with van der Waals surface area (Å²) in [5.74, 6) is 1.10. The van der Waals surface area contributed by atoms with Gasteiger partial charge in [-0.1, -0.05) is 367 Å². The van der Waals surface area contributed by atoms with Gasteiger partial charge in [0.25, 0.3) is 0 Å². The first-order chi connectivity index (χ1) is 32.8. The van der Waals surface area contributed by atoms with Crippen LogP contribution in [0.3, 0.4) is 0 Å². The van der Waals surface area contributed by atoms with E-state index < -0.39 is 0 Å². The predicted molar refractivity (Wildman–Crippen MR) is 297 cm³/mol. The molecule has 0 radical (unpaired) electrons. The Hall–Kier alpha value is -0.790. The van der Waals surface area contributed by atoms with Crippen LogP contribution in [-0.2, 0) is 9.53 Å². The summed E-state index contributed by atoms with van der Waals surface area (Å²) in [6.07, 6.45) is 84.9. The van der Waals surface area contributed by atoms with Crippen LogP contribution in [0.15, 0.2) is 11.8 Å². The molecule has 2 nitrogen and oxygen atoms in total. The average molecular weight is 926 g/mol. The second-order valence-corrected chi connectivity index (χ2v) is 22.2. The molecule has 0 amide bonds. The molecule has 0 aromatic heterocycles. The van der Waals surface area contributed by atoms with Gasteiger partial charge in [0.15, 0.2) is 0 Å². The Kier molecular flexibility index (Phi) is 52.8. The normalized spacial score (nSPS) is 14.4. The molecule has 1 aliphatic rings. The first-order valence-corrected chi connectivity index (χ1v) is 31.7. The first kappa shape index (κ1) is 63.2. The summed E-state index contributed by atoms with van der Waals surface area (Å²) in [6.45, 7) is 4.62. The minimum Gasteiger partial charge on any atom is -0.430 e. The number of ether oxygens (including phenoxy) is 1. The maximum absolute atomic E-state index is 12.1. The smallest absolute Gasteiger partial charge is 0.321 e. The highest BCUT2D eigenvalue weighted by Gasteiger charge is 2.36. The standard InChI is InChI=1S/C64H124O2/c1-3-5-7-9-11-13-15-17-19-21-23-25-27-29-31-33-35-37-39-41-43-45-47-49-51-53-55-57-59-61-63-62(64(65)66-63)60-58-56-54-52-50-48-46-44-42-40-38-36-34-32-30-28-26-24-22-20-18-16-14-12-10-8-6-4-2/h61-62H,3-60H2,1-2H3/b63-61-. The fourth-order valence-corrected chi connectivity index (χ4v) is 10.8. The van der Waals surface area contributed by atoms with Crippen molar-refractivity contribution in [2.24, 2.45) is 5.92 Å². The van der Waals surface area contributed by atoms with Crippen molar-refractivity contribution in [1.29, 1.82) is 0 Å². The van der Waals surface area contributed by atoms with Crippen molar-refractivity contribution in [1.82, 2.24) is 0 Å². The van der Waals surface area contributed by atoms with Crippen molar-refractivity contribution in [3.05, 3.63) is 11.8 Å². The van der Waals surface area contributed by atoms with Gasteiger partial charge in [-0.05, 0) is 25.3 Å². The summed E-state index contributed by atoms with van der Waals surface area (Å²) in [6, 6.07) is 0. The molecular formula is C64H124O2. The molecular weight excluding hydrogens is 801 g/mol. The van der Waals surface area contributed by atoms with E-state index in [9.17, 15) is 4.79 Å². The summed E-state index contributed by atoms with van der Waals surface area (Å²) >= 11 is 0. The molecule has 1 heterocycles. The lowest BCUT2D eigenvalue weighted by molar-refractivity contribution is -0.157. The van der Waals surface area contributed by atoms with Gasteiger partial charge in [-0.3, -0.25) is 4.79 Å². The van der Waals surface area contributed by atoms with E-state index in [1.807, 2.05) is 0 Å². The maximum atomic E-state index is 12.1. The molecule has 392 valence electrons. The van der Waals surface area contributed by atoms with E-state index in [1.165, 1.54) is 360 Å². The maximum Gasteiger partial charge on any atom is 0.321 e. The second-order valence-electron chi connectivity index (χ2n) is 22.2. The van der Waals surface area contributed by atoms with Crippen LogP contribution in [0.2, 0.25) is 0 Å². The van der Waals surface area contributed by atoms with Gasteiger partial charge in [-0.2, -0.15) is 0 Å². The fraction of sp³-hybridized carbons (Fsp3) is 0.953. The lowest BCUT2D eigenvalue weighted by Crippen LogP contribution is -2.32. The molecule has 2 heteroatoms. The Morgan fingerprint density at radius 2 is 0.455 bits per heavy atom. The Bertz CT molecular complexity index is 953. The third-order valence-corrected chi connectivity index (χ3v) is 15.6. The Morgan fingerprint density at radius 1 is 0.273 bits per heavy atom. The van der Waals surface area contributed by atoms with Crippen LogP contribution < -0.4 is 0 Å². The van der Waals surface area contributed by atoms with Gasteiger partial charge in [0.1, 0.15) is 11.7 Å². The van der Waals surface area contributed by atoms with E-state index in [0.29, 0.717) is 0 Å². The molecule has 1 atom stereocenters. The van der Waals surface area contributed by atoms with Crippen molar-refractivity contribution in [3.8, 4) is 0 Å². The minimum atomic E-state index is 0.0293. The van der Waals surface area contributed by atoms with Crippen LogP contribution in [0.5, 0.6) is 0 Å². The zero-order chi connectivity index (χ0) is 47.2. The van der Waals surface area contributed by atoms with E-state index in [4.69, 9.17) is 4.74 Å². The number of hydrogen-bond acceptors (Lipinski definition) is 2. The molecule has 0 N–H and O–H groups in total. The lowest BCUT2D eigenvalue weighted by atomic mass is 9.93. The summed E-state index contributed by atoms with van der Waals surface area (Å²) in [5.41, 5.74) is 0. The molecule has 0 aromatic carbocycles. The van der Waals surface area contributed by atoms with Crippen LogP contribution in [0.25, 0.3) is 0 Å². The minimum absolute atomic E-state index is 0.0293. The van der Waals surface area contributed by atoms with E-state index in [2.05, 4.69) is 19.9 Å². The van der Waals surface area contributed by atoms with Crippen molar-refractivity contribution in [2.45, 2.75) is 386 Å². The molecule has 1 fully saturated rings. The summed E-state index contributed by atoms with van der Waals surface area (Å²) < 4.78 is 5.45. The monoisotopic (exact) mass is 925 g/mol. The van der Waals surface area contributed by atoms with Crippen molar-refractivity contribution in [2.75, 3.05) is 0 Å². The molecule has 0 spiro atoms. The van der Waals surface area contributed by atoms with E-state index >= 15 is 0 Å². The highest BCUT2D eigenvalue weighted by molar-refractivity contribution is 5.82. The average Bonchev–Trinajstić information content (AvgIpc) is 3.32. The van der Waals surface area contributed by atoms with Gasteiger partial charge in [0, 0.05) is 0 Å². The van der Waals surface area contributed by atoms with E-state index in [0.717, 1.165) is 18.6 Å². The summed E-state index contributed by atoms with van der Waals surface area (Å²) in [4.78, 5) is 12.1. The third-order valence-electron chi connectivity index (χ3n) is 15.6. The highest BCUT2D eigenvalue weighted by atomic mass is 16.6. The molecule has 0 aromatic rings. The van der Waals surface area contributed by atoms with Crippen LogP contribution in [-0.4, -0.2) is 5.97 Å². The molecule has 0 bridgehead atoms. The van der Waals surface area contributed by atoms with Crippen LogP contribution >= 0.6 is 0 Å². The zero-order valence-corrected chi connectivity index (χ0v) is 46.0. The van der Waals surface area contributed by atoms with Crippen molar-refractivity contribution < 1.29 is 9.53 Å². The van der Waals surface area contributed by atoms with Gasteiger partial charge in [0.05, 0.1) is 0 Å². The molecule has 0 saturated carbocycles. The Morgan fingerprint density at radius 3 is 0.652 bits per heavy atom. The van der Waals surface area contributed by atoms with Gasteiger partial charge < -0.3 is 4.74 Å². The topological polar surface area (TPSA) is 26.3 Å². The Balaban J connectivity index is 1.73. The SMILES string of the molecule is CCCCCCCCCCCCCCCCCCCCCCCCCCCCCC/C=C1\OC(=O)C1CCCCCCCCCCCCCCCCCCCCCCCCCCCCCC. The molecule has 66 heavy (non-hydrogen) atoms. The first-order valence-electron chi connectivity index (χ1n) is 31.7. The molecule has 1 aliphatic heterocycles. The number of cyclic esters (lactones) is 1. The quantitative estimate of drug-likeness (QED) is 0.0449. The van der Waals surface area contributed by atoms with E-state index in [-0.39, 0.29) is 11.9 Å². The highest BCUT2D eigenvalue weighted by Crippen LogP contribution is 2.32. The van der Waals surface area contributed by atoms with Gasteiger partial charge in [0.2, 0.25) is 0 Å². The predicted octanol–water partition coefficient (Wildman–Crippen LogP) is 23.7. The number of rotatable bonds is 58. The lowest BCUT2D eigenvalue weighted by Gasteiger charge is -2.28. The van der Waals surface area contributed by atoms with Crippen LogP contribution in [0.1, 0.15) is 386 Å². The molecule has 0 aliphatic carbocycles. The second kappa shape index (κ2) is 55.1. The number of carbonyl (C=O) groups is 1.